The van der Waals surface area contributed by atoms with Gasteiger partial charge in [-0.1, -0.05) is 0 Å². The Balaban J connectivity index is 3.46. The molecule has 0 aromatic carbocycles. The van der Waals surface area contributed by atoms with E-state index in [1.54, 1.807) is 20.9 Å². The van der Waals surface area contributed by atoms with E-state index in [0.29, 0.717) is 11.4 Å². The van der Waals surface area contributed by atoms with Gasteiger partial charge in [-0.05, 0) is 13.8 Å². The molecule has 0 saturated heterocycles. The summed E-state index contributed by atoms with van der Waals surface area (Å²) in [7, 11) is 1.69. The smallest absolute Gasteiger partial charge is 0.224 e. The first-order chi connectivity index (χ1) is 4.61. The topological polar surface area (TPSA) is 47.8 Å². The van der Waals surface area contributed by atoms with Crippen LogP contribution < -0.4 is 5.43 Å². The zero-order chi connectivity index (χ0) is 7.72. The van der Waals surface area contributed by atoms with Gasteiger partial charge in [-0.3, -0.25) is 4.79 Å². The van der Waals surface area contributed by atoms with E-state index in [0.717, 1.165) is 0 Å². The Morgan fingerprint density at radius 2 is 1.60 bits per heavy atom. The molecule has 0 aliphatic heterocycles. The highest BCUT2D eigenvalue weighted by Gasteiger charge is 1.99. The van der Waals surface area contributed by atoms with E-state index in [4.69, 9.17) is 0 Å². The molecule has 0 spiro atoms. The van der Waals surface area contributed by atoms with Gasteiger partial charge in [0.2, 0.25) is 5.43 Å². The molecule has 0 atom stereocenters. The first kappa shape index (κ1) is 6.92. The fourth-order valence-electron chi connectivity index (χ4n) is 0.809. The zero-order valence-electron chi connectivity index (χ0n) is 6.25. The summed E-state index contributed by atoms with van der Waals surface area (Å²) in [6.45, 7) is 3.36. The van der Waals surface area contributed by atoms with Gasteiger partial charge < -0.3 is 0 Å². The second kappa shape index (κ2) is 2.21. The highest BCUT2D eigenvalue weighted by molar-refractivity contribution is 5.02. The highest BCUT2D eigenvalue weighted by Crippen LogP contribution is 1.81. The predicted octanol–water partition coefficient (Wildman–Crippen LogP) is -0.208. The average Bonchev–Trinajstić information content (AvgIpc) is 1.82. The Bertz CT molecular complexity index is 276. The summed E-state index contributed by atoms with van der Waals surface area (Å²) in [5.41, 5.74) is 0.920. The van der Waals surface area contributed by atoms with Gasteiger partial charge in [0.05, 0.1) is 0 Å². The Kier molecular flexibility index (Phi) is 1.53. The molecule has 0 N–H and O–H groups in total. The normalized spacial score (nSPS) is 9.90. The quantitative estimate of drug-likeness (QED) is 0.499. The zero-order valence-corrected chi connectivity index (χ0v) is 6.25. The maximum absolute atomic E-state index is 11.0. The van der Waals surface area contributed by atoms with Crippen molar-refractivity contribution in [3.05, 3.63) is 21.6 Å². The Labute approximate surface area is 58.5 Å². The van der Waals surface area contributed by atoms with Crippen LogP contribution in [0, 0.1) is 13.8 Å². The summed E-state index contributed by atoms with van der Waals surface area (Å²) < 4.78 is 0. The van der Waals surface area contributed by atoms with E-state index < -0.39 is 0 Å². The SMILES string of the molecule is Cc1nn(C)nc(C)c1=O. The minimum Gasteiger partial charge on any atom is -0.286 e. The second-order valence-electron chi connectivity index (χ2n) is 2.19. The van der Waals surface area contributed by atoms with Crippen LogP contribution in [0.1, 0.15) is 11.4 Å². The van der Waals surface area contributed by atoms with Crippen LogP contribution in [0.4, 0.5) is 0 Å². The standard InChI is InChI=1S/C6H9N3O/c1-4-6(10)5(2)8-9(3)7-4/h1-3H3. The molecular weight excluding hydrogens is 130 g/mol. The van der Waals surface area contributed by atoms with E-state index in [1.165, 1.54) is 4.80 Å². The lowest BCUT2D eigenvalue weighted by atomic mass is 10.4. The van der Waals surface area contributed by atoms with Crippen molar-refractivity contribution in [2.45, 2.75) is 13.8 Å². The van der Waals surface area contributed by atoms with Crippen LogP contribution in [0.3, 0.4) is 0 Å². The molecule has 1 aromatic rings. The van der Waals surface area contributed by atoms with E-state index in [9.17, 15) is 4.79 Å². The van der Waals surface area contributed by atoms with Crippen LogP contribution in [0.15, 0.2) is 4.79 Å². The number of hydrogen-bond acceptors (Lipinski definition) is 3. The number of hydrogen-bond donors (Lipinski definition) is 0. The van der Waals surface area contributed by atoms with Crippen LogP contribution in [-0.4, -0.2) is 15.0 Å². The van der Waals surface area contributed by atoms with E-state index >= 15 is 0 Å². The molecular formula is C6H9N3O. The molecule has 1 rings (SSSR count). The van der Waals surface area contributed by atoms with Gasteiger partial charge >= 0.3 is 0 Å². The van der Waals surface area contributed by atoms with Crippen molar-refractivity contribution in [2.75, 3.05) is 0 Å². The maximum atomic E-state index is 11.0. The molecule has 0 amide bonds. The Hall–Kier alpha value is -1.19. The number of aromatic nitrogens is 3. The van der Waals surface area contributed by atoms with E-state index in [-0.39, 0.29) is 5.43 Å². The first-order valence-electron chi connectivity index (χ1n) is 3.00. The molecule has 4 heteroatoms. The first-order valence-corrected chi connectivity index (χ1v) is 3.00. The molecule has 1 aromatic heterocycles. The number of rotatable bonds is 0. The maximum Gasteiger partial charge on any atom is 0.224 e. The van der Waals surface area contributed by atoms with E-state index in [1.807, 2.05) is 0 Å². The molecule has 1 heterocycles. The summed E-state index contributed by atoms with van der Waals surface area (Å²) in [5, 5.41) is 7.65. The number of nitrogens with zero attached hydrogens (tertiary/aromatic N) is 3. The van der Waals surface area contributed by atoms with Crippen LogP contribution in [-0.2, 0) is 7.05 Å². The van der Waals surface area contributed by atoms with Crippen molar-refractivity contribution < 1.29 is 0 Å². The molecule has 0 saturated carbocycles. The van der Waals surface area contributed by atoms with Gasteiger partial charge in [0.1, 0.15) is 11.4 Å². The minimum atomic E-state index is -0.0712. The molecule has 0 fully saturated rings. The fourth-order valence-corrected chi connectivity index (χ4v) is 0.809. The molecule has 0 radical (unpaired) electrons. The van der Waals surface area contributed by atoms with Crippen molar-refractivity contribution in [3.8, 4) is 0 Å². The summed E-state index contributed by atoms with van der Waals surface area (Å²) >= 11 is 0. The van der Waals surface area contributed by atoms with Gasteiger partial charge in [-0.15, -0.1) is 0 Å². The van der Waals surface area contributed by atoms with E-state index in [2.05, 4.69) is 10.2 Å². The van der Waals surface area contributed by atoms with Crippen LogP contribution in [0.5, 0.6) is 0 Å². The molecule has 0 aliphatic carbocycles. The Morgan fingerprint density at radius 3 is 2.00 bits per heavy atom. The average molecular weight is 139 g/mol. The molecule has 4 nitrogen and oxygen atoms in total. The largest absolute Gasteiger partial charge is 0.286 e. The summed E-state index contributed by atoms with van der Waals surface area (Å²) in [6, 6.07) is 0. The van der Waals surface area contributed by atoms with Gasteiger partial charge in [-0.25, -0.2) is 0 Å². The summed E-state index contributed by atoms with van der Waals surface area (Å²) in [5.74, 6) is 0. The molecule has 0 aliphatic rings. The third-order valence-corrected chi connectivity index (χ3v) is 1.25. The molecule has 10 heavy (non-hydrogen) atoms. The third-order valence-electron chi connectivity index (χ3n) is 1.25. The molecule has 0 unspecified atom stereocenters. The van der Waals surface area contributed by atoms with Crippen molar-refractivity contribution >= 4 is 0 Å². The summed E-state index contributed by atoms with van der Waals surface area (Å²) in [6.07, 6.45) is 0. The predicted molar refractivity (Wildman–Crippen MR) is 36.7 cm³/mol. The van der Waals surface area contributed by atoms with Gasteiger partial charge in [0.25, 0.3) is 0 Å². The van der Waals surface area contributed by atoms with Crippen molar-refractivity contribution in [1.82, 2.24) is 15.0 Å². The third kappa shape index (κ3) is 1.05. The number of aryl methyl sites for hydroxylation is 3. The minimum absolute atomic E-state index is 0.0712. The van der Waals surface area contributed by atoms with Gasteiger partial charge in [-0.2, -0.15) is 15.0 Å². The molecule has 0 bridgehead atoms. The molecule has 54 valence electrons. The lowest BCUT2D eigenvalue weighted by Crippen LogP contribution is -2.19. The van der Waals surface area contributed by atoms with Crippen molar-refractivity contribution in [1.29, 1.82) is 0 Å². The highest BCUT2D eigenvalue weighted by atomic mass is 16.1. The lowest BCUT2D eigenvalue weighted by molar-refractivity contribution is 0.588. The van der Waals surface area contributed by atoms with Crippen molar-refractivity contribution in [2.24, 2.45) is 7.05 Å². The van der Waals surface area contributed by atoms with Crippen molar-refractivity contribution in [3.63, 3.8) is 0 Å². The van der Waals surface area contributed by atoms with Crippen LogP contribution in [0.25, 0.3) is 0 Å². The second-order valence-corrected chi connectivity index (χ2v) is 2.19. The van der Waals surface area contributed by atoms with Crippen LogP contribution in [0.2, 0.25) is 0 Å². The fraction of sp³-hybridized carbons (Fsp3) is 0.500. The van der Waals surface area contributed by atoms with Gasteiger partial charge in [0, 0.05) is 7.05 Å². The lowest BCUT2D eigenvalue weighted by Gasteiger charge is -1.97. The summed E-state index contributed by atoms with van der Waals surface area (Å²) in [4.78, 5) is 12.4. The Morgan fingerprint density at radius 1 is 1.20 bits per heavy atom. The monoisotopic (exact) mass is 139 g/mol. The van der Waals surface area contributed by atoms with Gasteiger partial charge in [0.15, 0.2) is 0 Å². The van der Waals surface area contributed by atoms with Crippen LogP contribution >= 0.6 is 0 Å².